The van der Waals surface area contributed by atoms with Crippen LogP contribution in [0.5, 0.6) is 0 Å². The van der Waals surface area contributed by atoms with Crippen LogP contribution in [0.15, 0.2) is 24.3 Å². The maximum absolute atomic E-state index is 12.1. The molecule has 0 aromatic heterocycles. The lowest BCUT2D eigenvalue weighted by atomic mass is 10.0. The summed E-state index contributed by atoms with van der Waals surface area (Å²) in [6, 6.07) is 6.28. The van der Waals surface area contributed by atoms with Crippen molar-refractivity contribution in [2.24, 2.45) is 0 Å². The molecule has 3 rings (SSSR count). The minimum absolute atomic E-state index is 0.0668. The Hall–Kier alpha value is -1.81. The number of carbonyl (C=O) groups excluding carboxylic acids is 1. The molecule has 1 saturated heterocycles. The molecule has 1 amide bonds. The fourth-order valence-corrected chi connectivity index (χ4v) is 2.56. The van der Waals surface area contributed by atoms with Crippen LogP contribution >= 0.6 is 0 Å². The van der Waals surface area contributed by atoms with Crippen LogP contribution in [0, 0.1) is 13.8 Å². The molecule has 4 heteroatoms. The van der Waals surface area contributed by atoms with E-state index in [0.29, 0.717) is 0 Å². The van der Waals surface area contributed by atoms with E-state index in [1.54, 1.807) is 6.08 Å². The average molecular weight is 257 g/mol. The van der Waals surface area contributed by atoms with Crippen molar-refractivity contribution in [2.45, 2.75) is 26.6 Å². The van der Waals surface area contributed by atoms with Gasteiger partial charge in [0.2, 0.25) is 0 Å². The summed E-state index contributed by atoms with van der Waals surface area (Å²) in [6.45, 7) is 5.95. The molecule has 100 valence electrons. The number of hydrogen-bond acceptors (Lipinski definition) is 3. The summed E-state index contributed by atoms with van der Waals surface area (Å²) in [5, 5.41) is 6.73. The van der Waals surface area contributed by atoms with E-state index in [1.807, 2.05) is 4.90 Å². The Kier molecular flexibility index (Phi) is 3.03. The Bertz CT molecular complexity index is 550. The van der Waals surface area contributed by atoms with Crippen LogP contribution in [-0.2, 0) is 4.79 Å². The molecule has 0 bridgehead atoms. The van der Waals surface area contributed by atoms with E-state index in [1.165, 1.54) is 11.1 Å². The topological polar surface area (TPSA) is 44.4 Å². The van der Waals surface area contributed by atoms with Crippen molar-refractivity contribution in [2.75, 3.05) is 13.1 Å². The van der Waals surface area contributed by atoms with Crippen molar-refractivity contribution < 1.29 is 4.79 Å². The zero-order valence-corrected chi connectivity index (χ0v) is 11.4. The average Bonchev–Trinajstić information content (AvgIpc) is 2.42. The Morgan fingerprint density at radius 3 is 2.89 bits per heavy atom. The van der Waals surface area contributed by atoms with Crippen molar-refractivity contribution in [3.8, 4) is 0 Å². The molecule has 2 aliphatic rings. The maximum Gasteiger partial charge on any atom is 0.251 e. The zero-order chi connectivity index (χ0) is 13.4. The summed E-state index contributed by atoms with van der Waals surface area (Å²) in [7, 11) is 0. The zero-order valence-electron chi connectivity index (χ0n) is 11.4. The molecule has 0 aliphatic carbocycles. The summed E-state index contributed by atoms with van der Waals surface area (Å²) >= 11 is 0. The van der Waals surface area contributed by atoms with Crippen LogP contribution in [0.3, 0.4) is 0 Å². The van der Waals surface area contributed by atoms with Crippen LogP contribution < -0.4 is 10.6 Å². The molecule has 1 fully saturated rings. The number of aryl methyl sites for hydroxylation is 2. The number of fused-ring (bicyclic) bond motifs is 1. The number of amides is 1. The number of rotatable bonds is 1. The van der Waals surface area contributed by atoms with E-state index in [4.69, 9.17) is 0 Å². The second-order valence-electron chi connectivity index (χ2n) is 5.24. The van der Waals surface area contributed by atoms with Crippen LogP contribution in [0.4, 0.5) is 0 Å². The molecule has 2 aliphatic heterocycles. The first-order valence-corrected chi connectivity index (χ1v) is 6.75. The molecule has 1 unspecified atom stereocenters. The van der Waals surface area contributed by atoms with Gasteiger partial charge in [-0.3, -0.25) is 10.1 Å². The van der Waals surface area contributed by atoms with Crippen molar-refractivity contribution in [3.05, 3.63) is 41.0 Å². The Morgan fingerprint density at radius 2 is 2.11 bits per heavy atom. The molecule has 1 aromatic carbocycles. The van der Waals surface area contributed by atoms with Crippen molar-refractivity contribution in [1.29, 1.82) is 0 Å². The van der Waals surface area contributed by atoms with E-state index in [-0.39, 0.29) is 12.2 Å². The molecular formula is C15H19N3O. The van der Waals surface area contributed by atoms with E-state index in [9.17, 15) is 4.79 Å². The smallest absolute Gasteiger partial charge is 0.251 e. The van der Waals surface area contributed by atoms with E-state index in [0.717, 1.165) is 30.8 Å². The quantitative estimate of drug-likeness (QED) is 0.798. The lowest BCUT2D eigenvalue weighted by molar-refractivity contribution is -0.131. The first-order valence-electron chi connectivity index (χ1n) is 6.75. The summed E-state index contributed by atoms with van der Waals surface area (Å²) in [5.74, 6) is 0.0872. The van der Waals surface area contributed by atoms with Gasteiger partial charge in [-0.15, -0.1) is 0 Å². The highest BCUT2D eigenvalue weighted by Gasteiger charge is 2.29. The molecule has 2 heterocycles. The molecule has 0 spiro atoms. The number of benzene rings is 1. The molecule has 0 saturated carbocycles. The monoisotopic (exact) mass is 257 g/mol. The highest BCUT2D eigenvalue weighted by atomic mass is 16.2. The third-order valence-electron chi connectivity index (χ3n) is 3.89. The van der Waals surface area contributed by atoms with Gasteiger partial charge in [0.25, 0.3) is 5.91 Å². The molecule has 4 nitrogen and oxygen atoms in total. The predicted molar refractivity (Wildman–Crippen MR) is 75.1 cm³/mol. The number of nitrogens with one attached hydrogen (secondary N) is 2. The van der Waals surface area contributed by atoms with Gasteiger partial charge >= 0.3 is 0 Å². The summed E-state index contributed by atoms with van der Waals surface area (Å²) in [4.78, 5) is 14.0. The normalized spacial score (nSPS) is 22.6. The van der Waals surface area contributed by atoms with Crippen LogP contribution in [-0.4, -0.2) is 30.2 Å². The second-order valence-corrected chi connectivity index (χ2v) is 5.24. The van der Waals surface area contributed by atoms with Crippen molar-refractivity contribution >= 4 is 11.6 Å². The van der Waals surface area contributed by atoms with Gasteiger partial charge < -0.3 is 10.2 Å². The lowest BCUT2D eigenvalue weighted by Crippen LogP contribution is -2.62. The first-order chi connectivity index (χ1) is 9.15. The number of hydrogen-bond donors (Lipinski definition) is 2. The highest BCUT2D eigenvalue weighted by molar-refractivity contribution is 5.96. The van der Waals surface area contributed by atoms with Crippen molar-refractivity contribution in [1.82, 2.24) is 15.5 Å². The van der Waals surface area contributed by atoms with E-state index in [2.05, 4.69) is 42.7 Å². The van der Waals surface area contributed by atoms with Gasteiger partial charge in [-0.25, -0.2) is 0 Å². The minimum atomic E-state index is -0.0668. The Balaban J connectivity index is 1.92. The summed E-state index contributed by atoms with van der Waals surface area (Å²) in [5.41, 5.74) is 4.49. The van der Waals surface area contributed by atoms with Crippen LogP contribution in [0.2, 0.25) is 0 Å². The first kappa shape index (κ1) is 12.2. The Labute approximate surface area is 113 Å². The molecule has 0 radical (unpaired) electrons. The second kappa shape index (κ2) is 4.70. The highest BCUT2D eigenvalue weighted by Crippen LogP contribution is 2.21. The van der Waals surface area contributed by atoms with Gasteiger partial charge in [-0.1, -0.05) is 12.1 Å². The standard InChI is InChI=1S/C15H19N3O/c1-10-4-5-12(8-11(10)2)13-9-14(19)18-7-3-6-16-15(18)17-13/h4-5,8-9,15-17H,3,6-7H2,1-2H3. The van der Waals surface area contributed by atoms with Gasteiger partial charge in [0.1, 0.15) is 0 Å². The third-order valence-corrected chi connectivity index (χ3v) is 3.89. The van der Waals surface area contributed by atoms with E-state index >= 15 is 0 Å². The largest absolute Gasteiger partial charge is 0.352 e. The number of nitrogens with zero attached hydrogens (tertiary/aromatic N) is 1. The summed E-state index contributed by atoms with van der Waals surface area (Å²) in [6.07, 6.45) is 2.65. The Morgan fingerprint density at radius 1 is 1.26 bits per heavy atom. The van der Waals surface area contributed by atoms with Gasteiger partial charge in [-0.2, -0.15) is 0 Å². The van der Waals surface area contributed by atoms with Crippen LogP contribution in [0.1, 0.15) is 23.1 Å². The van der Waals surface area contributed by atoms with Gasteiger partial charge in [0.05, 0.1) is 0 Å². The molecule has 2 N–H and O–H groups in total. The lowest BCUT2D eigenvalue weighted by Gasteiger charge is -2.40. The SMILES string of the molecule is Cc1ccc(C2=CC(=O)N3CCCNC3N2)cc1C. The number of carbonyl (C=O) groups is 1. The fourth-order valence-electron chi connectivity index (χ4n) is 2.56. The molecule has 1 aromatic rings. The van der Waals surface area contributed by atoms with Crippen LogP contribution in [0.25, 0.3) is 5.70 Å². The van der Waals surface area contributed by atoms with Gasteiger partial charge in [-0.05, 0) is 43.0 Å². The molecule has 19 heavy (non-hydrogen) atoms. The van der Waals surface area contributed by atoms with Gasteiger partial charge in [0, 0.05) is 24.9 Å². The third kappa shape index (κ3) is 2.24. The predicted octanol–water partition coefficient (Wildman–Crippen LogP) is 1.35. The summed E-state index contributed by atoms with van der Waals surface area (Å²) < 4.78 is 0. The molecule has 1 atom stereocenters. The minimum Gasteiger partial charge on any atom is -0.352 e. The fraction of sp³-hybridized carbons (Fsp3) is 0.400. The maximum atomic E-state index is 12.1. The van der Waals surface area contributed by atoms with Crippen molar-refractivity contribution in [3.63, 3.8) is 0 Å². The van der Waals surface area contributed by atoms with E-state index < -0.39 is 0 Å². The van der Waals surface area contributed by atoms with Gasteiger partial charge in [0.15, 0.2) is 6.29 Å². The molecular weight excluding hydrogens is 238 g/mol.